The van der Waals surface area contributed by atoms with Gasteiger partial charge in [0.2, 0.25) is 5.91 Å². The Bertz CT molecular complexity index is 1160. The summed E-state index contributed by atoms with van der Waals surface area (Å²) in [6.45, 7) is 1.43. The number of aromatic amines is 1. The summed E-state index contributed by atoms with van der Waals surface area (Å²) in [6.07, 6.45) is 4.85. The number of pyridine rings is 1. The average molecular weight is 459 g/mol. The highest BCUT2D eigenvalue weighted by Gasteiger charge is 2.19. The van der Waals surface area contributed by atoms with Crippen LogP contribution in [0.1, 0.15) is 6.92 Å². The molecule has 0 unspecified atom stereocenters. The molecule has 28 heavy (non-hydrogen) atoms. The number of amides is 1. The second-order valence-electron chi connectivity index (χ2n) is 5.85. The van der Waals surface area contributed by atoms with Crippen molar-refractivity contribution in [2.45, 2.75) is 6.92 Å². The van der Waals surface area contributed by atoms with Crippen LogP contribution in [-0.2, 0) is 4.79 Å². The van der Waals surface area contributed by atoms with Crippen LogP contribution in [0.5, 0.6) is 0 Å². The number of hydrogen-bond donors (Lipinski definition) is 2. The maximum absolute atomic E-state index is 11.4. The molecule has 10 heteroatoms. The van der Waals surface area contributed by atoms with Crippen molar-refractivity contribution in [2.24, 2.45) is 0 Å². The van der Waals surface area contributed by atoms with Crippen molar-refractivity contribution in [3.05, 3.63) is 58.5 Å². The molecule has 0 saturated heterocycles. The first-order valence-electron chi connectivity index (χ1n) is 8.16. The first kappa shape index (κ1) is 18.3. The molecule has 3 heterocycles. The maximum atomic E-state index is 11.4. The first-order chi connectivity index (χ1) is 13.5. The third-order valence-electron chi connectivity index (χ3n) is 3.90. The van der Waals surface area contributed by atoms with Crippen LogP contribution in [0.3, 0.4) is 0 Å². The quantitative estimate of drug-likeness (QED) is 0.479. The van der Waals surface area contributed by atoms with Gasteiger partial charge in [-0.25, -0.2) is 14.6 Å². The van der Waals surface area contributed by atoms with E-state index in [1.54, 1.807) is 23.0 Å². The van der Waals surface area contributed by atoms with Crippen molar-refractivity contribution in [3.63, 3.8) is 0 Å². The lowest BCUT2D eigenvalue weighted by atomic mass is 10.1. The molecule has 4 aromatic rings. The highest BCUT2D eigenvalue weighted by molar-refractivity contribution is 9.10. The fourth-order valence-corrected chi connectivity index (χ4v) is 3.33. The molecule has 0 aliphatic carbocycles. The number of carbonyl (C=O) groups is 1. The molecule has 2 N–H and O–H groups in total. The van der Waals surface area contributed by atoms with E-state index in [0.29, 0.717) is 32.5 Å². The van der Waals surface area contributed by atoms with Crippen molar-refractivity contribution in [1.29, 1.82) is 0 Å². The van der Waals surface area contributed by atoms with Gasteiger partial charge in [0.1, 0.15) is 17.8 Å². The van der Waals surface area contributed by atoms with E-state index in [0.717, 1.165) is 11.1 Å². The number of nitrogens with one attached hydrogen (secondary N) is 2. The van der Waals surface area contributed by atoms with E-state index in [1.165, 1.54) is 13.3 Å². The zero-order valence-corrected chi connectivity index (χ0v) is 16.9. The van der Waals surface area contributed by atoms with Crippen LogP contribution in [0.2, 0.25) is 5.02 Å². The van der Waals surface area contributed by atoms with E-state index >= 15 is 0 Å². The van der Waals surface area contributed by atoms with E-state index in [9.17, 15) is 4.79 Å². The lowest BCUT2D eigenvalue weighted by molar-refractivity contribution is -0.114. The molecule has 0 atom stereocenters. The molecule has 0 saturated carbocycles. The Kier molecular flexibility index (Phi) is 4.93. The Morgan fingerprint density at radius 1 is 1.25 bits per heavy atom. The van der Waals surface area contributed by atoms with Gasteiger partial charge in [-0.2, -0.15) is 10.2 Å². The van der Waals surface area contributed by atoms with Crippen molar-refractivity contribution in [2.75, 3.05) is 5.32 Å². The first-order valence-corrected chi connectivity index (χ1v) is 9.34. The maximum Gasteiger partial charge on any atom is 0.222 e. The third-order valence-corrected chi connectivity index (χ3v) is 4.84. The monoisotopic (exact) mass is 457 g/mol. The molecular weight excluding hydrogens is 446 g/mol. The second-order valence-corrected chi connectivity index (χ2v) is 7.11. The average Bonchev–Trinajstić information content (AvgIpc) is 3.32. The molecule has 8 nitrogen and oxygen atoms in total. The number of nitrogens with zero attached hydrogens (tertiary/aromatic N) is 5. The topological polar surface area (TPSA) is 101 Å². The van der Waals surface area contributed by atoms with Crippen molar-refractivity contribution in [3.8, 4) is 28.3 Å². The molecule has 0 aliphatic rings. The Balaban J connectivity index is 1.90. The number of rotatable bonds is 4. The number of benzene rings is 1. The van der Waals surface area contributed by atoms with Gasteiger partial charge >= 0.3 is 0 Å². The summed E-state index contributed by atoms with van der Waals surface area (Å²) < 4.78 is 2.38. The number of carbonyl (C=O) groups excluding carboxylic acids is 1. The summed E-state index contributed by atoms with van der Waals surface area (Å²) in [5.41, 5.74) is 2.84. The lowest BCUT2D eigenvalue weighted by Gasteiger charge is -2.07. The van der Waals surface area contributed by atoms with E-state index in [1.807, 2.05) is 24.4 Å². The molecule has 0 aliphatic heterocycles. The molecule has 140 valence electrons. The van der Waals surface area contributed by atoms with Gasteiger partial charge in [-0.1, -0.05) is 29.8 Å². The Labute approximate surface area is 173 Å². The summed E-state index contributed by atoms with van der Waals surface area (Å²) in [6, 6.07) is 9.16. The zero-order valence-electron chi connectivity index (χ0n) is 14.5. The summed E-state index contributed by atoms with van der Waals surface area (Å²) in [7, 11) is 0. The Morgan fingerprint density at radius 3 is 2.79 bits per heavy atom. The van der Waals surface area contributed by atoms with Crippen LogP contribution >= 0.6 is 27.5 Å². The number of H-pyrrole nitrogens is 1. The van der Waals surface area contributed by atoms with Gasteiger partial charge in [-0.05, 0) is 22.0 Å². The van der Waals surface area contributed by atoms with Crippen LogP contribution < -0.4 is 5.32 Å². The SMILES string of the molecule is CC(=O)Nc1cc(-n2cc(-c3ncn[nH]3)c(-c3ccccc3Cl)n2)c(Br)cn1. The normalized spacial score (nSPS) is 10.8. The van der Waals surface area contributed by atoms with Crippen LogP contribution in [0, 0.1) is 0 Å². The summed E-state index contributed by atoms with van der Waals surface area (Å²) in [5.74, 6) is 0.774. The molecule has 0 radical (unpaired) electrons. The minimum absolute atomic E-state index is 0.208. The molecule has 1 amide bonds. The molecule has 0 bridgehead atoms. The molecule has 1 aromatic carbocycles. The second kappa shape index (κ2) is 7.53. The van der Waals surface area contributed by atoms with Gasteiger partial charge in [0.05, 0.1) is 20.7 Å². The fraction of sp³-hybridized carbons (Fsp3) is 0.0556. The highest BCUT2D eigenvalue weighted by Crippen LogP contribution is 2.35. The van der Waals surface area contributed by atoms with E-state index in [-0.39, 0.29) is 5.91 Å². The molecule has 0 spiro atoms. The largest absolute Gasteiger partial charge is 0.311 e. The standard InChI is InChI=1S/C18H13BrClN7O/c1-10(28)24-16-6-15(13(19)7-21-16)27-8-12(18-22-9-23-25-18)17(26-27)11-4-2-3-5-14(11)20/h2-9H,1H3,(H,21,24,28)(H,22,23,25). The number of halogens is 2. The molecular formula is C18H13BrClN7O. The van der Waals surface area contributed by atoms with Gasteiger partial charge in [-0.15, -0.1) is 0 Å². The summed E-state index contributed by atoms with van der Waals surface area (Å²) in [4.78, 5) is 19.8. The van der Waals surface area contributed by atoms with Crippen LogP contribution in [-0.4, -0.2) is 35.9 Å². The van der Waals surface area contributed by atoms with Crippen molar-refractivity contribution in [1.82, 2.24) is 29.9 Å². The van der Waals surface area contributed by atoms with E-state index in [4.69, 9.17) is 16.7 Å². The minimum Gasteiger partial charge on any atom is -0.311 e. The predicted molar refractivity (Wildman–Crippen MR) is 109 cm³/mol. The number of anilines is 1. The van der Waals surface area contributed by atoms with Crippen LogP contribution in [0.4, 0.5) is 5.82 Å². The Morgan fingerprint density at radius 2 is 2.07 bits per heavy atom. The molecule has 0 fully saturated rings. The predicted octanol–water partition coefficient (Wildman–Crippen LogP) is 4.09. The molecule has 4 rings (SSSR count). The minimum atomic E-state index is -0.208. The van der Waals surface area contributed by atoms with E-state index < -0.39 is 0 Å². The van der Waals surface area contributed by atoms with Gasteiger partial charge in [0.25, 0.3) is 0 Å². The third kappa shape index (κ3) is 3.54. The summed E-state index contributed by atoms with van der Waals surface area (Å²) in [5, 5.41) is 14.8. The smallest absolute Gasteiger partial charge is 0.222 e. The Hall–Kier alpha value is -3.04. The summed E-state index contributed by atoms with van der Waals surface area (Å²) >= 11 is 9.89. The zero-order chi connectivity index (χ0) is 19.7. The van der Waals surface area contributed by atoms with E-state index in [2.05, 4.69) is 41.4 Å². The van der Waals surface area contributed by atoms with Crippen molar-refractivity contribution >= 4 is 39.3 Å². The lowest BCUT2D eigenvalue weighted by Crippen LogP contribution is -2.08. The van der Waals surface area contributed by atoms with Gasteiger partial charge in [0.15, 0.2) is 5.82 Å². The number of aromatic nitrogens is 6. The van der Waals surface area contributed by atoms with Gasteiger partial charge in [-0.3, -0.25) is 9.89 Å². The van der Waals surface area contributed by atoms with Crippen LogP contribution in [0.15, 0.2) is 53.5 Å². The van der Waals surface area contributed by atoms with Gasteiger partial charge in [0, 0.05) is 30.9 Å². The number of hydrogen-bond acceptors (Lipinski definition) is 5. The van der Waals surface area contributed by atoms with Crippen molar-refractivity contribution < 1.29 is 4.79 Å². The van der Waals surface area contributed by atoms with Crippen LogP contribution in [0.25, 0.3) is 28.3 Å². The molecule has 3 aromatic heterocycles. The fourth-order valence-electron chi connectivity index (χ4n) is 2.71. The highest BCUT2D eigenvalue weighted by atomic mass is 79.9. The van der Waals surface area contributed by atoms with Gasteiger partial charge < -0.3 is 5.32 Å².